The van der Waals surface area contributed by atoms with Gasteiger partial charge >= 0.3 is 6.03 Å². The third-order valence-corrected chi connectivity index (χ3v) is 3.39. The Kier molecular flexibility index (Phi) is 3.63. The van der Waals surface area contributed by atoms with Gasteiger partial charge in [0.15, 0.2) is 5.67 Å². The molecule has 0 unspecified atom stereocenters. The molecule has 0 aromatic heterocycles. The molecule has 2 fully saturated rings. The monoisotopic (exact) mass is 229 g/mol. The smallest absolute Gasteiger partial charge is 0.315 e. The summed E-state index contributed by atoms with van der Waals surface area (Å²) in [6.45, 7) is 0.798. The summed E-state index contributed by atoms with van der Waals surface area (Å²) in [5.74, 6) is 0. The van der Waals surface area contributed by atoms with Crippen LogP contribution in [0, 0.1) is 0 Å². The summed E-state index contributed by atoms with van der Waals surface area (Å²) in [5, 5.41) is 8.37. The van der Waals surface area contributed by atoms with Crippen molar-refractivity contribution in [2.45, 2.75) is 43.8 Å². The van der Waals surface area contributed by atoms with E-state index in [4.69, 9.17) is 0 Å². The Balaban J connectivity index is 1.63. The Morgan fingerprint density at radius 2 is 2.00 bits per heavy atom. The number of alkyl halides is 1. The molecule has 2 amide bonds. The van der Waals surface area contributed by atoms with Crippen molar-refractivity contribution in [3.63, 3.8) is 0 Å². The summed E-state index contributed by atoms with van der Waals surface area (Å²) < 4.78 is 13.5. The fourth-order valence-electron chi connectivity index (χ4n) is 2.24. The predicted octanol–water partition coefficient (Wildman–Crippen LogP) is 0.930. The van der Waals surface area contributed by atoms with Crippen LogP contribution in [-0.2, 0) is 0 Å². The summed E-state index contributed by atoms with van der Waals surface area (Å²) in [6.07, 6.45) is 5.73. The molecule has 1 saturated carbocycles. The Morgan fingerprint density at radius 3 is 2.56 bits per heavy atom. The zero-order valence-corrected chi connectivity index (χ0v) is 9.52. The van der Waals surface area contributed by atoms with Crippen molar-refractivity contribution in [3.05, 3.63) is 0 Å². The second-order valence-corrected chi connectivity index (χ2v) is 4.92. The molecular formula is C11H20FN3O. The van der Waals surface area contributed by atoms with Crippen LogP contribution in [0.25, 0.3) is 0 Å². The lowest BCUT2D eigenvalue weighted by Gasteiger charge is -2.35. The first-order chi connectivity index (χ1) is 7.68. The molecule has 0 spiro atoms. The molecule has 1 heterocycles. The van der Waals surface area contributed by atoms with Crippen molar-refractivity contribution in [1.29, 1.82) is 0 Å². The van der Waals surface area contributed by atoms with Crippen molar-refractivity contribution < 1.29 is 9.18 Å². The lowest BCUT2D eigenvalue weighted by atomic mass is 9.96. The standard InChI is InChI=1S/C11H20FN3O/c12-11(6-13-7-11)8-14-10(16)15-9-4-2-1-3-5-9/h9,13H,1-8H2,(H2,14,15,16). The summed E-state index contributed by atoms with van der Waals surface area (Å²) in [5.41, 5.74) is -1.23. The van der Waals surface area contributed by atoms with Gasteiger partial charge in [-0.2, -0.15) is 0 Å². The molecule has 0 atom stereocenters. The molecular weight excluding hydrogens is 209 g/mol. The lowest BCUT2D eigenvalue weighted by molar-refractivity contribution is 0.0916. The van der Waals surface area contributed by atoms with E-state index in [2.05, 4.69) is 16.0 Å². The molecule has 0 aromatic rings. The largest absolute Gasteiger partial charge is 0.335 e. The van der Waals surface area contributed by atoms with Crippen LogP contribution in [0.15, 0.2) is 0 Å². The molecule has 5 heteroatoms. The Labute approximate surface area is 95.4 Å². The number of hydrogen-bond acceptors (Lipinski definition) is 2. The maximum absolute atomic E-state index is 13.5. The molecule has 1 saturated heterocycles. The molecule has 16 heavy (non-hydrogen) atoms. The van der Waals surface area contributed by atoms with Gasteiger partial charge in [0.2, 0.25) is 0 Å². The van der Waals surface area contributed by atoms with Crippen LogP contribution in [0.3, 0.4) is 0 Å². The second kappa shape index (κ2) is 4.99. The van der Waals surface area contributed by atoms with Crippen LogP contribution < -0.4 is 16.0 Å². The maximum Gasteiger partial charge on any atom is 0.315 e. The van der Waals surface area contributed by atoms with Crippen LogP contribution in [0.1, 0.15) is 32.1 Å². The number of halogens is 1. The highest BCUT2D eigenvalue weighted by Gasteiger charge is 2.37. The second-order valence-electron chi connectivity index (χ2n) is 4.92. The summed E-state index contributed by atoms with van der Waals surface area (Å²) in [4.78, 5) is 11.5. The molecule has 3 N–H and O–H groups in total. The van der Waals surface area contributed by atoms with E-state index < -0.39 is 5.67 Å². The minimum absolute atomic E-state index is 0.110. The highest BCUT2D eigenvalue weighted by atomic mass is 19.1. The number of urea groups is 1. The molecule has 1 aliphatic carbocycles. The van der Waals surface area contributed by atoms with Gasteiger partial charge in [-0.05, 0) is 12.8 Å². The zero-order valence-electron chi connectivity index (χ0n) is 9.52. The van der Waals surface area contributed by atoms with Gasteiger partial charge in [-0.25, -0.2) is 9.18 Å². The Morgan fingerprint density at radius 1 is 1.31 bits per heavy atom. The topological polar surface area (TPSA) is 53.2 Å². The van der Waals surface area contributed by atoms with E-state index in [9.17, 15) is 9.18 Å². The summed E-state index contributed by atoms with van der Waals surface area (Å²) in [6, 6.07) is 0.0552. The van der Waals surface area contributed by atoms with E-state index in [0.29, 0.717) is 13.1 Å². The van der Waals surface area contributed by atoms with Crippen molar-refractivity contribution in [2.24, 2.45) is 0 Å². The van der Waals surface area contributed by atoms with E-state index in [-0.39, 0.29) is 18.6 Å². The highest BCUT2D eigenvalue weighted by Crippen LogP contribution is 2.17. The molecule has 0 aromatic carbocycles. The van der Waals surface area contributed by atoms with Gasteiger partial charge in [0.1, 0.15) is 0 Å². The van der Waals surface area contributed by atoms with Crippen molar-refractivity contribution in [2.75, 3.05) is 19.6 Å². The SMILES string of the molecule is O=C(NCC1(F)CNC1)NC1CCCCC1. The third kappa shape index (κ3) is 3.07. The lowest BCUT2D eigenvalue weighted by Crippen LogP contribution is -2.62. The average molecular weight is 229 g/mol. The fraction of sp³-hybridized carbons (Fsp3) is 0.909. The van der Waals surface area contributed by atoms with E-state index in [1.54, 1.807) is 0 Å². The van der Waals surface area contributed by atoms with Crippen LogP contribution in [0.4, 0.5) is 9.18 Å². The minimum atomic E-state index is -1.23. The number of hydrogen-bond donors (Lipinski definition) is 3. The van der Waals surface area contributed by atoms with E-state index in [1.165, 1.54) is 19.3 Å². The predicted molar refractivity (Wildman–Crippen MR) is 60.1 cm³/mol. The van der Waals surface area contributed by atoms with Gasteiger partial charge in [0.25, 0.3) is 0 Å². The van der Waals surface area contributed by atoms with Crippen LogP contribution in [0.2, 0.25) is 0 Å². The molecule has 0 bridgehead atoms. The van der Waals surface area contributed by atoms with Gasteiger partial charge in [0.05, 0.1) is 6.54 Å². The van der Waals surface area contributed by atoms with E-state index in [0.717, 1.165) is 12.8 Å². The van der Waals surface area contributed by atoms with E-state index >= 15 is 0 Å². The van der Waals surface area contributed by atoms with Crippen LogP contribution in [0.5, 0.6) is 0 Å². The normalized spacial score (nSPS) is 24.6. The first-order valence-corrected chi connectivity index (χ1v) is 6.12. The van der Waals surface area contributed by atoms with Crippen molar-refractivity contribution >= 4 is 6.03 Å². The fourth-order valence-corrected chi connectivity index (χ4v) is 2.24. The summed E-state index contributed by atoms with van der Waals surface area (Å²) in [7, 11) is 0. The van der Waals surface area contributed by atoms with Gasteiger partial charge in [-0.15, -0.1) is 0 Å². The first-order valence-electron chi connectivity index (χ1n) is 6.12. The molecule has 4 nitrogen and oxygen atoms in total. The van der Waals surface area contributed by atoms with Gasteiger partial charge in [0, 0.05) is 19.1 Å². The maximum atomic E-state index is 13.5. The van der Waals surface area contributed by atoms with Gasteiger partial charge in [-0.3, -0.25) is 0 Å². The number of rotatable bonds is 3. The zero-order chi connectivity index (χ0) is 11.4. The molecule has 92 valence electrons. The van der Waals surface area contributed by atoms with E-state index in [1.807, 2.05) is 0 Å². The molecule has 1 aliphatic heterocycles. The van der Waals surface area contributed by atoms with Crippen molar-refractivity contribution in [1.82, 2.24) is 16.0 Å². The molecule has 0 radical (unpaired) electrons. The Hall–Kier alpha value is -0.840. The highest BCUT2D eigenvalue weighted by molar-refractivity contribution is 5.74. The Bertz CT molecular complexity index is 250. The van der Waals surface area contributed by atoms with Gasteiger partial charge in [-0.1, -0.05) is 19.3 Å². The van der Waals surface area contributed by atoms with Crippen LogP contribution >= 0.6 is 0 Å². The van der Waals surface area contributed by atoms with Gasteiger partial charge < -0.3 is 16.0 Å². The summed E-state index contributed by atoms with van der Waals surface area (Å²) >= 11 is 0. The number of amides is 2. The molecule has 2 aliphatic rings. The van der Waals surface area contributed by atoms with Crippen LogP contribution in [-0.4, -0.2) is 37.4 Å². The number of carbonyl (C=O) groups excluding carboxylic acids is 1. The quantitative estimate of drug-likeness (QED) is 0.674. The average Bonchev–Trinajstić information content (AvgIpc) is 2.25. The first kappa shape index (κ1) is 11.6. The number of nitrogens with one attached hydrogen (secondary N) is 3. The minimum Gasteiger partial charge on any atom is -0.335 e. The molecule has 2 rings (SSSR count). The third-order valence-electron chi connectivity index (χ3n) is 3.39. The van der Waals surface area contributed by atoms with Crippen molar-refractivity contribution in [3.8, 4) is 0 Å². The number of carbonyl (C=O) groups is 1.